The summed E-state index contributed by atoms with van der Waals surface area (Å²) in [4.78, 5) is 9.04. The summed E-state index contributed by atoms with van der Waals surface area (Å²) in [7, 11) is 0. The molecule has 1 aromatic carbocycles. The molecule has 1 heterocycles. The van der Waals surface area contributed by atoms with Gasteiger partial charge in [0.15, 0.2) is 5.82 Å². The van der Waals surface area contributed by atoms with Gasteiger partial charge in [-0.1, -0.05) is 26.0 Å². The van der Waals surface area contributed by atoms with Crippen molar-refractivity contribution in [3.8, 4) is 17.1 Å². The van der Waals surface area contributed by atoms with E-state index in [2.05, 4.69) is 51.7 Å². The first-order chi connectivity index (χ1) is 10.2. The maximum Gasteiger partial charge on any atom is 0.161 e. The van der Waals surface area contributed by atoms with Crippen molar-refractivity contribution in [3.63, 3.8) is 0 Å². The largest absolute Gasteiger partial charge is 0.494 e. The number of hydrogen-bond acceptors (Lipinski definition) is 4. The molecule has 4 nitrogen and oxygen atoms in total. The van der Waals surface area contributed by atoms with Crippen LogP contribution in [-0.2, 0) is 0 Å². The highest BCUT2D eigenvalue weighted by molar-refractivity contribution is 14.1. The van der Waals surface area contributed by atoms with Crippen LogP contribution in [0, 0.1) is 3.57 Å². The van der Waals surface area contributed by atoms with Crippen molar-refractivity contribution in [2.24, 2.45) is 0 Å². The van der Waals surface area contributed by atoms with Crippen LogP contribution in [-0.4, -0.2) is 23.1 Å². The van der Waals surface area contributed by atoms with Crippen LogP contribution in [0.1, 0.15) is 26.7 Å². The molecule has 0 fully saturated rings. The fourth-order valence-electron chi connectivity index (χ4n) is 1.82. The summed E-state index contributed by atoms with van der Waals surface area (Å²) < 4.78 is 6.69. The lowest BCUT2D eigenvalue weighted by molar-refractivity contribution is 0.317. The summed E-state index contributed by atoms with van der Waals surface area (Å²) in [5.41, 5.74) is 0.972. The van der Waals surface area contributed by atoms with Crippen molar-refractivity contribution < 1.29 is 4.74 Å². The summed E-state index contributed by atoms with van der Waals surface area (Å²) in [6.07, 6.45) is 3.91. The van der Waals surface area contributed by atoms with Crippen LogP contribution in [0.3, 0.4) is 0 Å². The Labute approximate surface area is 139 Å². The zero-order valence-corrected chi connectivity index (χ0v) is 14.6. The average molecular weight is 397 g/mol. The number of aromatic nitrogens is 2. The minimum Gasteiger partial charge on any atom is -0.494 e. The minimum absolute atomic E-state index is 0.718. The van der Waals surface area contributed by atoms with Crippen LogP contribution in [0.2, 0.25) is 0 Å². The fraction of sp³-hybridized carbons (Fsp3) is 0.375. The molecule has 0 saturated carbocycles. The van der Waals surface area contributed by atoms with Gasteiger partial charge >= 0.3 is 0 Å². The molecule has 0 aliphatic carbocycles. The van der Waals surface area contributed by atoms with Crippen molar-refractivity contribution >= 4 is 28.4 Å². The van der Waals surface area contributed by atoms with E-state index in [0.29, 0.717) is 0 Å². The molecule has 5 heteroatoms. The standard InChI is InChI=1S/C16H20IN3O/c1-3-8-18-16-14(17)11-19-15(20-16)12-6-5-7-13(10-12)21-9-4-2/h5-7,10-11H,3-4,8-9H2,1-2H3,(H,18,19,20). The van der Waals surface area contributed by atoms with E-state index in [9.17, 15) is 0 Å². The van der Waals surface area contributed by atoms with Crippen LogP contribution < -0.4 is 10.1 Å². The van der Waals surface area contributed by atoms with Crippen molar-refractivity contribution in [1.82, 2.24) is 9.97 Å². The molecular formula is C16H20IN3O. The molecule has 0 spiro atoms. The number of anilines is 1. The highest BCUT2D eigenvalue weighted by Crippen LogP contribution is 2.24. The second-order valence-corrected chi connectivity index (χ2v) is 5.86. The molecule has 0 unspecified atom stereocenters. The SMILES string of the molecule is CCCNc1nc(-c2cccc(OCCC)c2)ncc1I. The summed E-state index contributed by atoms with van der Waals surface area (Å²) >= 11 is 2.25. The number of nitrogens with zero attached hydrogens (tertiary/aromatic N) is 2. The van der Waals surface area contributed by atoms with E-state index in [-0.39, 0.29) is 0 Å². The number of benzene rings is 1. The predicted octanol–water partition coefficient (Wildman–Crippen LogP) is 4.36. The third-order valence-corrected chi connectivity index (χ3v) is 3.64. The number of halogens is 1. The molecule has 0 atom stereocenters. The molecule has 0 aliphatic rings. The van der Waals surface area contributed by atoms with Gasteiger partial charge in [0, 0.05) is 18.3 Å². The van der Waals surface area contributed by atoms with Gasteiger partial charge in [-0.2, -0.15) is 0 Å². The van der Waals surface area contributed by atoms with Crippen molar-refractivity contribution in [2.45, 2.75) is 26.7 Å². The maximum atomic E-state index is 5.66. The molecule has 0 amide bonds. The first kappa shape index (κ1) is 16.0. The average Bonchev–Trinajstić information content (AvgIpc) is 2.52. The summed E-state index contributed by atoms with van der Waals surface area (Å²) in [5.74, 6) is 2.47. The lowest BCUT2D eigenvalue weighted by Crippen LogP contribution is -2.05. The van der Waals surface area contributed by atoms with Gasteiger partial charge in [0.25, 0.3) is 0 Å². The van der Waals surface area contributed by atoms with E-state index in [0.717, 1.165) is 52.5 Å². The van der Waals surface area contributed by atoms with Crippen molar-refractivity contribution in [2.75, 3.05) is 18.5 Å². The monoisotopic (exact) mass is 397 g/mol. The fourth-order valence-corrected chi connectivity index (χ4v) is 2.27. The molecule has 1 N–H and O–H groups in total. The van der Waals surface area contributed by atoms with Crippen molar-refractivity contribution in [1.29, 1.82) is 0 Å². The second-order valence-electron chi connectivity index (χ2n) is 4.69. The Hall–Kier alpha value is -1.37. The van der Waals surface area contributed by atoms with E-state index in [1.165, 1.54) is 0 Å². The van der Waals surface area contributed by atoms with Gasteiger partial charge in [-0.3, -0.25) is 0 Å². The van der Waals surface area contributed by atoms with Crippen LogP contribution in [0.5, 0.6) is 5.75 Å². The van der Waals surface area contributed by atoms with Gasteiger partial charge < -0.3 is 10.1 Å². The van der Waals surface area contributed by atoms with Crippen LogP contribution in [0.25, 0.3) is 11.4 Å². The molecule has 2 rings (SSSR count). The van der Waals surface area contributed by atoms with Gasteiger partial charge in [-0.25, -0.2) is 9.97 Å². The van der Waals surface area contributed by atoms with Gasteiger partial charge in [0.2, 0.25) is 0 Å². The number of hydrogen-bond donors (Lipinski definition) is 1. The topological polar surface area (TPSA) is 47.0 Å². The van der Waals surface area contributed by atoms with Gasteiger partial charge in [0.1, 0.15) is 11.6 Å². The Morgan fingerprint density at radius 1 is 1.24 bits per heavy atom. The van der Waals surface area contributed by atoms with Crippen LogP contribution >= 0.6 is 22.6 Å². The van der Waals surface area contributed by atoms with E-state index >= 15 is 0 Å². The first-order valence-corrected chi connectivity index (χ1v) is 8.32. The van der Waals surface area contributed by atoms with Crippen LogP contribution in [0.15, 0.2) is 30.5 Å². The molecule has 0 bridgehead atoms. The molecule has 1 aromatic heterocycles. The molecule has 21 heavy (non-hydrogen) atoms. The highest BCUT2D eigenvalue weighted by atomic mass is 127. The zero-order valence-electron chi connectivity index (χ0n) is 12.4. The second kappa shape index (κ2) is 8.17. The summed E-state index contributed by atoms with van der Waals surface area (Å²) in [5, 5.41) is 3.33. The lowest BCUT2D eigenvalue weighted by atomic mass is 10.2. The number of nitrogens with one attached hydrogen (secondary N) is 1. The zero-order chi connectivity index (χ0) is 15.1. The summed E-state index contributed by atoms with van der Waals surface area (Å²) in [6, 6.07) is 7.93. The normalized spacial score (nSPS) is 10.4. The predicted molar refractivity (Wildman–Crippen MR) is 94.8 cm³/mol. The molecule has 2 aromatic rings. The molecule has 112 valence electrons. The number of ether oxygens (including phenoxy) is 1. The molecule has 0 radical (unpaired) electrons. The lowest BCUT2D eigenvalue weighted by Gasteiger charge is -2.09. The molecule has 0 saturated heterocycles. The first-order valence-electron chi connectivity index (χ1n) is 7.24. The van der Waals surface area contributed by atoms with Gasteiger partial charge in [-0.05, 0) is 47.6 Å². The highest BCUT2D eigenvalue weighted by Gasteiger charge is 2.07. The van der Waals surface area contributed by atoms with Gasteiger partial charge in [-0.15, -0.1) is 0 Å². The molecule has 0 aliphatic heterocycles. The van der Waals surface area contributed by atoms with E-state index in [1.807, 2.05) is 30.5 Å². The quantitative estimate of drug-likeness (QED) is 0.706. The van der Waals surface area contributed by atoms with Crippen LogP contribution in [0.4, 0.5) is 5.82 Å². The Morgan fingerprint density at radius 3 is 2.86 bits per heavy atom. The third-order valence-electron chi connectivity index (χ3n) is 2.85. The summed E-state index contributed by atoms with van der Waals surface area (Å²) in [6.45, 7) is 5.86. The minimum atomic E-state index is 0.718. The Kier molecular flexibility index (Phi) is 6.22. The third kappa shape index (κ3) is 4.56. The molecular weight excluding hydrogens is 377 g/mol. The van der Waals surface area contributed by atoms with Gasteiger partial charge in [0.05, 0.1) is 10.2 Å². The smallest absolute Gasteiger partial charge is 0.161 e. The Balaban J connectivity index is 2.24. The Bertz CT molecular complexity index is 589. The van der Waals surface area contributed by atoms with E-state index in [1.54, 1.807) is 0 Å². The number of rotatable bonds is 7. The van der Waals surface area contributed by atoms with E-state index < -0.39 is 0 Å². The Morgan fingerprint density at radius 2 is 2.10 bits per heavy atom. The van der Waals surface area contributed by atoms with E-state index in [4.69, 9.17) is 4.74 Å². The maximum absolute atomic E-state index is 5.66. The van der Waals surface area contributed by atoms with Crippen molar-refractivity contribution in [3.05, 3.63) is 34.0 Å².